The highest BCUT2D eigenvalue weighted by Gasteiger charge is 2.28. The van der Waals surface area contributed by atoms with Gasteiger partial charge in [0.05, 0.1) is 29.9 Å². The molecular weight excluding hydrogens is 326 g/mol. The number of rotatable bonds is 5. The maximum atomic E-state index is 11.8. The van der Waals surface area contributed by atoms with Crippen LogP contribution in [-0.4, -0.2) is 49.9 Å². The number of sulfone groups is 1. The van der Waals surface area contributed by atoms with Crippen molar-refractivity contribution >= 4 is 39.2 Å². The molecule has 6 nitrogen and oxygen atoms in total. The van der Waals surface area contributed by atoms with Crippen molar-refractivity contribution < 1.29 is 22.7 Å². The van der Waals surface area contributed by atoms with E-state index >= 15 is 0 Å². The Kier molecular flexibility index (Phi) is 5.47. The average molecular weight is 343 g/mol. The average Bonchev–Trinajstić information content (AvgIpc) is 2.84. The molecule has 22 heavy (non-hydrogen) atoms. The van der Waals surface area contributed by atoms with Gasteiger partial charge in [0.25, 0.3) is 0 Å². The molecule has 120 valence electrons. The lowest BCUT2D eigenvalue weighted by molar-refractivity contribution is -0.113. The molecule has 2 rings (SSSR count). The summed E-state index contributed by atoms with van der Waals surface area (Å²) in [7, 11) is -1.61. The Morgan fingerprint density at radius 1 is 1.32 bits per heavy atom. The van der Waals surface area contributed by atoms with Gasteiger partial charge in [0, 0.05) is 10.9 Å². The first kappa shape index (κ1) is 16.8. The third kappa shape index (κ3) is 4.74. The van der Waals surface area contributed by atoms with Crippen molar-refractivity contribution in [1.29, 1.82) is 0 Å². The molecule has 1 atom stereocenters. The van der Waals surface area contributed by atoms with Gasteiger partial charge in [-0.3, -0.25) is 4.79 Å². The maximum absolute atomic E-state index is 11.8. The van der Waals surface area contributed by atoms with Crippen molar-refractivity contribution in [2.24, 2.45) is 0 Å². The summed E-state index contributed by atoms with van der Waals surface area (Å²) in [6, 6.07) is 6.37. The molecule has 1 aromatic carbocycles. The fourth-order valence-electron chi connectivity index (χ4n) is 2.09. The van der Waals surface area contributed by atoms with Crippen LogP contribution < -0.4 is 5.32 Å². The van der Waals surface area contributed by atoms with E-state index in [4.69, 9.17) is 0 Å². The molecule has 1 amide bonds. The van der Waals surface area contributed by atoms with E-state index in [9.17, 15) is 18.0 Å². The lowest BCUT2D eigenvalue weighted by Gasteiger charge is -2.08. The minimum Gasteiger partial charge on any atom is -0.465 e. The number of amides is 1. The molecule has 0 spiro atoms. The van der Waals surface area contributed by atoms with Gasteiger partial charge in [-0.15, -0.1) is 11.8 Å². The van der Waals surface area contributed by atoms with Crippen molar-refractivity contribution in [2.45, 2.75) is 11.7 Å². The Morgan fingerprint density at radius 3 is 2.55 bits per heavy atom. The zero-order valence-corrected chi connectivity index (χ0v) is 13.7. The van der Waals surface area contributed by atoms with E-state index in [1.54, 1.807) is 24.3 Å². The number of carbonyl (C=O) groups excluding carboxylic acids is 2. The van der Waals surface area contributed by atoms with Crippen molar-refractivity contribution in [3.8, 4) is 0 Å². The molecule has 1 aliphatic heterocycles. The van der Waals surface area contributed by atoms with E-state index in [2.05, 4.69) is 10.1 Å². The van der Waals surface area contributed by atoms with Gasteiger partial charge in [0.1, 0.15) is 0 Å². The van der Waals surface area contributed by atoms with Crippen LogP contribution >= 0.6 is 11.8 Å². The lowest BCUT2D eigenvalue weighted by Crippen LogP contribution is -2.17. The van der Waals surface area contributed by atoms with Crippen molar-refractivity contribution in [2.75, 3.05) is 29.7 Å². The van der Waals surface area contributed by atoms with Gasteiger partial charge < -0.3 is 10.1 Å². The van der Waals surface area contributed by atoms with Crippen LogP contribution in [0.25, 0.3) is 0 Å². The summed E-state index contributed by atoms with van der Waals surface area (Å²) in [5, 5.41) is 2.71. The molecule has 1 fully saturated rings. The Balaban J connectivity index is 1.81. The highest BCUT2D eigenvalue weighted by atomic mass is 32.2. The Morgan fingerprint density at radius 2 is 2.00 bits per heavy atom. The normalized spacial score (nSPS) is 19.6. The highest BCUT2D eigenvalue weighted by Crippen LogP contribution is 2.24. The Hall–Kier alpha value is -1.54. The summed E-state index contributed by atoms with van der Waals surface area (Å²) >= 11 is 1.36. The third-order valence-electron chi connectivity index (χ3n) is 3.23. The van der Waals surface area contributed by atoms with Gasteiger partial charge >= 0.3 is 5.97 Å². The van der Waals surface area contributed by atoms with Crippen molar-refractivity contribution in [1.82, 2.24) is 0 Å². The zero-order valence-electron chi connectivity index (χ0n) is 12.1. The van der Waals surface area contributed by atoms with E-state index in [1.165, 1.54) is 18.9 Å². The van der Waals surface area contributed by atoms with Crippen molar-refractivity contribution in [3.63, 3.8) is 0 Å². The maximum Gasteiger partial charge on any atom is 0.337 e. The predicted octanol–water partition coefficient (Wildman–Crippen LogP) is 1.33. The molecule has 0 radical (unpaired) electrons. The summed E-state index contributed by atoms with van der Waals surface area (Å²) in [4.78, 5) is 23.1. The molecule has 0 aromatic heterocycles. The summed E-state index contributed by atoms with van der Waals surface area (Å²) < 4.78 is 27.3. The second-order valence-corrected chi connectivity index (χ2v) is 8.47. The quantitative estimate of drug-likeness (QED) is 0.811. The number of anilines is 1. The van der Waals surface area contributed by atoms with Crippen LogP contribution in [0.3, 0.4) is 0 Å². The standard InChI is InChI=1S/C14H17NO5S2/c1-20-14(17)10-2-4-11(5-3-10)15-13(16)8-21-12-6-7-22(18,19)9-12/h2-5,12H,6-9H2,1H3,(H,15,16)/t12-/m0/s1. The van der Waals surface area contributed by atoms with E-state index in [-0.39, 0.29) is 28.4 Å². The number of hydrogen-bond acceptors (Lipinski definition) is 6. The van der Waals surface area contributed by atoms with Gasteiger partial charge in [0.2, 0.25) is 5.91 Å². The summed E-state index contributed by atoms with van der Waals surface area (Å²) in [5.41, 5.74) is 0.989. The van der Waals surface area contributed by atoms with Crippen molar-refractivity contribution in [3.05, 3.63) is 29.8 Å². The van der Waals surface area contributed by atoms with Gasteiger partial charge in [0.15, 0.2) is 9.84 Å². The van der Waals surface area contributed by atoms with Crippen LogP contribution in [0.1, 0.15) is 16.8 Å². The monoisotopic (exact) mass is 343 g/mol. The molecule has 1 heterocycles. The summed E-state index contributed by atoms with van der Waals surface area (Å²) in [6.07, 6.45) is 0.605. The third-order valence-corrected chi connectivity index (χ3v) is 6.51. The predicted molar refractivity (Wildman–Crippen MR) is 85.9 cm³/mol. The molecule has 0 saturated carbocycles. The minimum absolute atomic E-state index is 0.00236. The highest BCUT2D eigenvalue weighted by molar-refractivity contribution is 8.02. The Labute approximate surface area is 133 Å². The minimum atomic E-state index is -2.91. The molecule has 8 heteroatoms. The molecule has 1 aliphatic rings. The zero-order chi connectivity index (χ0) is 16.2. The number of benzene rings is 1. The smallest absolute Gasteiger partial charge is 0.337 e. The van der Waals surface area contributed by atoms with Crippen LogP contribution in [-0.2, 0) is 19.4 Å². The van der Waals surface area contributed by atoms with Gasteiger partial charge in [-0.25, -0.2) is 13.2 Å². The first-order valence-corrected chi connectivity index (χ1v) is 9.57. The number of ether oxygens (including phenoxy) is 1. The van der Waals surface area contributed by atoms with Crippen LogP contribution in [0.4, 0.5) is 5.69 Å². The van der Waals surface area contributed by atoms with E-state index in [0.29, 0.717) is 17.7 Å². The summed E-state index contributed by atoms with van der Waals surface area (Å²) in [6.45, 7) is 0. The second kappa shape index (κ2) is 7.15. The molecule has 0 bridgehead atoms. The number of methoxy groups -OCH3 is 1. The number of esters is 1. The fraction of sp³-hybridized carbons (Fsp3) is 0.429. The van der Waals surface area contributed by atoms with Crippen LogP contribution in [0, 0.1) is 0 Å². The van der Waals surface area contributed by atoms with E-state index < -0.39 is 15.8 Å². The molecule has 1 aromatic rings. The number of hydrogen-bond donors (Lipinski definition) is 1. The first-order chi connectivity index (χ1) is 10.4. The van der Waals surface area contributed by atoms with Crippen LogP contribution in [0.5, 0.6) is 0 Å². The topological polar surface area (TPSA) is 89.5 Å². The number of nitrogens with one attached hydrogen (secondary N) is 1. The molecule has 1 N–H and O–H groups in total. The molecule has 0 unspecified atom stereocenters. The number of thioether (sulfide) groups is 1. The van der Waals surface area contributed by atoms with Crippen LogP contribution in [0.2, 0.25) is 0 Å². The fourth-order valence-corrected chi connectivity index (χ4v) is 5.53. The van der Waals surface area contributed by atoms with Crippen LogP contribution in [0.15, 0.2) is 24.3 Å². The number of carbonyl (C=O) groups is 2. The first-order valence-electron chi connectivity index (χ1n) is 6.70. The molecule has 1 saturated heterocycles. The molecule has 0 aliphatic carbocycles. The largest absolute Gasteiger partial charge is 0.465 e. The lowest BCUT2D eigenvalue weighted by atomic mass is 10.2. The van der Waals surface area contributed by atoms with E-state index in [0.717, 1.165) is 0 Å². The SMILES string of the molecule is COC(=O)c1ccc(NC(=O)CS[C@H]2CCS(=O)(=O)C2)cc1. The van der Waals surface area contributed by atoms with Gasteiger partial charge in [-0.1, -0.05) is 0 Å². The Bertz CT molecular complexity index is 654. The molecular formula is C14H17NO5S2. The second-order valence-electron chi connectivity index (χ2n) is 4.95. The van der Waals surface area contributed by atoms with Gasteiger partial charge in [-0.05, 0) is 30.7 Å². The summed E-state index contributed by atoms with van der Waals surface area (Å²) in [5.74, 6) is -0.0603. The van der Waals surface area contributed by atoms with Gasteiger partial charge in [-0.2, -0.15) is 0 Å². The van der Waals surface area contributed by atoms with E-state index in [1.807, 2.05) is 0 Å².